The second kappa shape index (κ2) is 7.80. The van der Waals surface area contributed by atoms with Crippen LogP contribution in [0, 0.1) is 0 Å². The first-order valence-corrected chi connectivity index (χ1v) is 9.49. The topological polar surface area (TPSA) is 28.5 Å². The van der Waals surface area contributed by atoms with Crippen molar-refractivity contribution in [3.05, 3.63) is 78.0 Å². The molecule has 1 aliphatic heterocycles. The molecule has 1 fully saturated rings. The summed E-state index contributed by atoms with van der Waals surface area (Å²) in [5.41, 5.74) is 3.16. The van der Waals surface area contributed by atoms with E-state index in [2.05, 4.69) is 52.0 Å². The van der Waals surface area contributed by atoms with Crippen LogP contribution in [0.25, 0.3) is 17.0 Å². The number of benzene rings is 2. The predicted octanol–water partition coefficient (Wildman–Crippen LogP) is 3.65. The van der Waals surface area contributed by atoms with Crippen LogP contribution in [-0.4, -0.2) is 53.0 Å². The molecule has 3 aromatic rings. The van der Waals surface area contributed by atoms with E-state index in [1.165, 1.54) is 5.56 Å². The smallest absolute Gasteiger partial charge is 0.253 e. The molecule has 1 saturated heterocycles. The Morgan fingerprint density at radius 2 is 1.78 bits per heavy atom. The molecule has 1 amide bonds. The Morgan fingerprint density at radius 3 is 2.56 bits per heavy atom. The van der Waals surface area contributed by atoms with Gasteiger partial charge < -0.3 is 9.47 Å². The Hall–Kier alpha value is -2.85. The number of amides is 1. The molecule has 2 heterocycles. The normalized spacial score (nSPS) is 15.7. The van der Waals surface area contributed by atoms with Gasteiger partial charge in [0.1, 0.15) is 0 Å². The van der Waals surface area contributed by atoms with Gasteiger partial charge >= 0.3 is 0 Å². The van der Waals surface area contributed by atoms with Crippen LogP contribution < -0.4 is 0 Å². The van der Waals surface area contributed by atoms with Gasteiger partial charge in [-0.1, -0.05) is 42.5 Å². The second-order valence-electron chi connectivity index (χ2n) is 7.11. The van der Waals surface area contributed by atoms with Gasteiger partial charge in [0.15, 0.2) is 0 Å². The van der Waals surface area contributed by atoms with Gasteiger partial charge in [-0.25, -0.2) is 0 Å². The van der Waals surface area contributed by atoms with Crippen molar-refractivity contribution in [2.24, 2.45) is 7.05 Å². The average molecular weight is 359 g/mol. The van der Waals surface area contributed by atoms with Gasteiger partial charge in [-0.15, -0.1) is 0 Å². The standard InChI is InChI=1S/C23H25N3O/c1-24-13-11-20-18-21(9-10-22(20)24)23(27)26-16-14-25(15-17-26)12-5-8-19-6-3-2-4-7-19/h2-11,13,18H,12,14-17H2,1H3/b8-5+. The van der Waals surface area contributed by atoms with Crippen LogP contribution in [0.4, 0.5) is 0 Å². The molecule has 1 aliphatic rings. The van der Waals surface area contributed by atoms with E-state index < -0.39 is 0 Å². The van der Waals surface area contributed by atoms with Crippen molar-refractivity contribution in [2.45, 2.75) is 0 Å². The van der Waals surface area contributed by atoms with E-state index in [0.29, 0.717) is 0 Å². The van der Waals surface area contributed by atoms with E-state index in [9.17, 15) is 4.79 Å². The van der Waals surface area contributed by atoms with E-state index in [0.717, 1.165) is 49.2 Å². The van der Waals surface area contributed by atoms with Gasteiger partial charge in [-0.2, -0.15) is 0 Å². The van der Waals surface area contributed by atoms with Gasteiger partial charge in [-0.05, 0) is 29.8 Å². The Bertz CT molecular complexity index is 950. The van der Waals surface area contributed by atoms with Crippen molar-refractivity contribution in [2.75, 3.05) is 32.7 Å². The highest BCUT2D eigenvalue weighted by molar-refractivity contribution is 5.98. The SMILES string of the molecule is Cn1ccc2cc(C(=O)N3CCN(C/C=C/c4ccccc4)CC3)ccc21. The van der Waals surface area contributed by atoms with Crippen LogP contribution in [-0.2, 0) is 7.05 Å². The summed E-state index contributed by atoms with van der Waals surface area (Å²) in [6.45, 7) is 4.32. The van der Waals surface area contributed by atoms with Crippen LogP contribution in [0.1, 0.15) is 15.9 Å². The lowest BCUT2D eigenvalue weighted by atomic mass is 10.1. The molecule has 1 aromatic heterocycles. The lowest BCUT2D eigenvalue weighted by molar-refractivity contribution is 0.0650. The number of hydrogen-bond donors (Lipinski definition) is 0. The second-order valence-corrected chi connectivity index (χ2v) is 7.11. The zero-order valence-electron chi connectivity index (χ0n) is 15.7. The molecular formula is C23H25N3O. The maximum Gasteiger partial charge on any atom is 0.253 e. The van der Waals surface area contributed by atoms with Crippen LogP contribution in [0.5, 0.6) is 0 Å². The Labute approximate surface area is 160 Å². The summed E-state index contributed by atoms with van der Waals surface area (Å²) in [4.78, 5) is 17.2. The number of carbonyl (C=O) groups is 1. The molecule has 0 saturated carbocycles. The minimum atomic E-state index is 0.139. The predicted molar refractivity (Wildman–Crippen MR) is 111 cm³/mol. The Morgan fingerprint density at radius 1 is 1.00 bits per heavy atom. The molecule has 4 nitrogen and oxygen atoms in total. The van der Waals surface area contributed by atoms with E-state index in [1.807, 2.05) is 42.4 Å². The molecular weight excluding hydrogens is 334 g/mol. The number of piperazine rings is 1. The first kappa shape index (κ1) is 17.6. The fourth-order valence-corrected chi connectivity index (χ4v) is 3.63. The van der Waals surface area contributed by atoms with E-state index >= 15 is 0 Å². The summed E-state index contributed by atoms with van der Waals surface area (Å²) in [5, 5.41) is 1.12. The fourth-order valence-electron chi connectivity index (χ4n) is 3.63. The number of rotatable bonds is 4. The zero-order chi connectivity index (χ0) is 18.6. The summed E-state index contributed by atoms with van der Waals surface area (Å²) < 4.78 is 2.07. The third kappa shape index (κ3) is 3.96. The largest absolute Gasteiger partial charge is 0.351 e. The number of aromatic nitrogens is 1. The number of carbonyl (C=O) groups excluding carboxylic acids is 1. The van der Waals surface area contributed by atoms with Crippen molar-refractivity contribution in [1.82, 2.24) is 14.4 Å². The lowest BCUT2D eigenvalue weighted by Crippen LogP contribution is -2.48. The third-order valence-electron chi connectivity index (χ3n) is 5.27. The summed E-state index contributed by atoms with van der Waals surface area (Å²) in [5.74, 6) is 0.139. The first-order chi connectivity index (χ1) is 13.2. The van der Waals surface area contributed by atoms with Crippen molar-refractivity contribution in [3.63, 3.8) is 0 Å². The van der Waals surface area contributed by atoms with Gasteiger partial charge in [0.2, 0.25) is 0 Å². The Balaban J connectivity index is 1.32. The minimum absolute atomic E-state index is 0.139. The Kier molecular flexibility index (Phi) is 5.07. The molecule has 4 rings (SSSR count). The molecule has 4 heteroatoms. The van der Waals surface area contributed by atoms with Crippen molar-refractivity contribution >= 4 is 22.9 Å². The van der Waals surface area contributed by atoms with Crippen LogP contribution >= 0.6 is 0 Å². The highest BCUT2D eigenvalue weighted by atomic mass is 16.2. The van der Waals surface area contributed by atoms with E-state index in [-0.39, 0.29) is 5.91 Å². The first-order valence-electron chi connectivity index (χ1n) is 9.49. The molecule has 138 valence electrons. The highest BCUT2D eigenvalue weighted by Gasteiger charge is 2.21. The third-order valence-corrected chi connectivity index (χ3v) is 5.27. The molecule has 0 radical (unpaired) electrons. The molecule has 0 spiro atoms. The van der Waals surface area contributed by atoms with Crippen molar-refractivity contribution < 1.29 is 4.79 Å². The van der Waals surface area contributed by atoms with Crippen LogP contribution in [0.15, 0.2) is 66.9 Å². The molecule has 2 aromatic carbocycles. The molecule has 0 N–H and O–H groups in total. The molecule has 0 atom stereocenters. The molecule has 0 aliphatic carbocycles. The highest BCUT2D eigenvalue weighted by Crippen LogP contribution is 2.18. The molecule has 0 unspecified atom stereocenters. The van der Waals surface area contributed by atoms with Gasteiger partial charge in [0.25, 0.3) is 5.91 Å². The molecule has 27 heavy (non-hydrogen) atoms. The van der Waals surface area contributed by atoms with E-state index in [1.54, 1.807) is 0 Å². The maximum atomic E-state index is 12.8. The fraction of sp³-hybridized carbons (Fsp3) is 0.261. The summed E-state index contributed by atoms with van der Waals surface area (Å²) >= 11 is 0. The monoisotopic (exact) mass is 359 g/mol. The van der Waals surface area contributed by atoms with Crippen molar-refractivity contribution in [1.29, 1.82) is 0 Å². The number of aryl methyl sites for hydroxylation is 1. The minimum Gasteiger partial charge on any atom is -0.351 e. The van der Waals surface area contributed by atoms with Gasteiger partial charge in [0, 0.05) is 62.4 Å². The van der Waals surface area contributed by atoms with Gasteiger partial charge in [-0.3, -0.25) is 9.69 Å². The zero-order valence-corrected chi connectivity index (χ0v) is 15.7. The average Bonchev–Trinajstić information content (AvgIpc) is 3.09. The maximum absolute atomic E-state index is 12.8. The lowest BCUT2D eigenvalue weighted by Gasteiger charge is -2.34. The summed E-state index contributed by atoms with van der Waals surface area (Å²) in [6.07, 6.45) is 6.39. The summed E-state index contributed by atoms with van der Waals surface area (Å²) in [7, 11) is 2.02. The molecule has 0 bridgehead atoms. The van der Waals surface area contributed by atoms with Gasteiger partial charge in [0.05, 0.1) is 0 Å². The van der Waals surface area contributed by atoms with Crippen LogP contribution in [0.2, 0.25) is 0 Å². The van der Waals surface area contributed by atoms with Crippen LogP contribution in [0.3, 0.4) is 0 Å². The quantitative estimate of drug-likeness (QED) is 0.711. The number of fused-ring (bicyclic) bond motifs is 1. The van der Waals surface area contributed by atoms with E-state index in [4.69, 9.17) is 0 Å². The van der Waals surface area contributed by atoms with Crippen molar-refractivity contribution in [3.8, 4) is 0 Å². The number of hydrogen-bond acceptors (Lipinski definition) is 2. The number of nitrogens with zero attached hydrogens (tertiary/aromatic N) is 3. The summed E-state index contributed by atoms with van der Waals surface area (Å²) in [6, 6.07) is 18.4.